The predicted molar refractivity (Wildman–Crippen MR) is 167 cm³/mol. The molecule has 0 atom stereocenters. The molecule has 2 aromatic rings. The van der Waals surface area contributed by atoms with Crippen LogP contribution in [-0.2, 0) is 36.4 Å². The zero-order valence-corrected chi connectivity index (χ0v) is 33.1. The quantitative estimate of drug-likeness (QED) is 0.0444. The van der Waals surface area contributed by atoms with Crippen LogP contribution in [0, 0.1) is 0 Å². The summed E-state index contributed by atoms with van der Waals surface area (Å²) in [6, 6.07) is 11.6. The van der Waals surface area contributed by atoms with E-state index >= 15 is 0 Å². The van der Waals surface area contributed by atoms with Gasteiger partial charge in [0.25, 0.3) is 0 Å². The van der Waals surface area contributed by atoms with Crippen molar-refractivity contribution in [2.24, 2.45) is 0 Å². The summed E-state index contributed by atoms with van der Waals surface area (Å²) in [4.78, 5) is 0. The maximum Gasteiger partial charge on any atom is 1.00 e. The van der Waals surface area contributed by atoms with Gasteiger partial charge in [0, 0.05) is 51.6 Å². The second kappa shape index (κ2) is 24.1. The van der Waals surface area contributed by atoms with Crippen LogP contribution >= 0.6 is 35.6 Å². The molecular weight excluding hydrogens is 651 g/mol. The van der Waals surface area contributed by atoms with Crippen LogP contribution in [0.15, 0.2) is 36.4 Å². The Balaban J connectivity index is 0.00000882. The molecule has 14 heteroatoms. The van der Waals surface area contributed by atoms with Crippen molar-refractivity contribution in [2.45, 2.75) is 82.1 Å². The van der Waals surface area contributed by atoms with Crippen molar-refractivity contribution in [1.82, 2.24) is 0 Å². The van der Waals surface area contributed by atoms with Crippen molar-refractivity contribution in [3.8, 4) is 11.5 Å². The molecular formula is C29H42Na2O8S4. The largest absolute Gasteiger partial charge is 1.00 e. The standard InChI is InChI=1S/C29H44O8S4.2Na/c1-29(2,25-11-13-27(30)23(19-25)21-38-15-7-3-4-9-17-40-37-36-32)26-12-14-28(31)24(20-26)22-39-16-8-5-6-10-18-41(33,34)35;;/h11-14,19-20,30-32H,3-10,15-18,21-22H2,1-2H3,(H,33,34,35);;/q;2*+1/p-2. The third kappa shape index (κ3) is 18.1. The molecule has 2 aromatic carbocycles. The van der Waals surface area contributed by atoms with Gasteiger partial charge in [-0.25, -0.2) is 8.42 Å². The average Bonchev–Trinajstić information content (AvgIpc) is 2.92. The van der Waals surface area contributed by atoms with Gasteiger partial charge in [0.1, 0.15) is 11.5 Å². The molecule has 0 radical (unpaired) electrons. The Labute approximate surface area is 314 Å². The van der Waals surface area contributed by atoms with Gasteiger partial charge in [-0.2, -0.15) is 27.9 Å². The second-order valence-electron chi connectivity index (χ2n) is 10.5. The molecule has 0 aliphatic rings. The zero-order chi connectivity index (χ0) is 30.1. The van der Waals surface area contributed by atoms with E-state index in [0.29, 0.717) is 17.9 Å². The van der Waals surface area contributed by atoms with Crippen molar-refractivity contribution in [2.75, 3.05) is 23.0 Å². The van der Waals surface area contributed by atoms with E-state index in [1.165, 1.54) is 0 Å². The number of hydrogen-bond donors (Lipinski definition) is 2. The molecule has 0 amide bonds. The molecule has 0 aliphatic carbocycles. The van der Waals surface area contributed by atoms with Crippen LogP contribution in [-0.4, -0.2) is 46.2 Å². The third-order valence-corrected chi connectivity index (χ3v) is 10.5. The smallest absolute Gasteiger partial charge is 0.748 e. The Bertz CT molecular complexity index is 1150. The minimum absolute atomic E-state index is 0. The van der Waals surface area contributed by atoms with E-state index in [1.54, 1.807) is 35.7 Å². The SMILES string of the molecule is CC(C)(c1ccc(O)c(CSCCCCCCSOO[O-])c1)c1ccc(O)c(CSCCCCCCS(=O)(=O)[O-])c1.[Na+].[Na+]. The summed E-state index contributed by atoms with van der Waals surface area (Å²) in [5, 5.41) is 34.0. The van der Waals surface area contributed by atoms with E-state index in [4.69, 9.17) is 0 Å². The summed E-state index contributed by atoms with van der Waals surface area (Å²) >= 11 is 4.56. The van der Waals surface area contributed by atoms with Crippen molar-refractivity contribution in [1.29, 1.82) is 0 Å². The molecule has 43 heavy (non-hydrogen) atoms. The summed E-state index contributed by atoms with van der Waals surface area (Å²) in [5.74, 6) is 4.29. The van der Waals surface area contributed by atoms with Crippen LogP contribution in [0.1, 0.15) is 87.5 Å². The first-order valence-electron chi connectivity index (χ1n) is 13.9. The van der Waals surface area contributed by atoms with E-state index in [-0.39, 0.29) is 76.0 Å². The molecule has 0 aromatic heterocycles. The van der Waals surface area contributed by atoms with Gasteiger partial charge in [-0.3, -0.25) is 5.04 Å². The topological polar surface area (TPSA) is 139 Å². The summed E-state index contributed by atoms with van der Waals surface area (Å²) in [7, 11) is -4.12. The second-order valence-corrected chi connectivity index (χ2v) is 15.0. The van der Waals surface area contributed by atoms with Gasteiger partial charge in [-0.15, -0.1) is 0 Å². The van der Waals surface area contributed by atoms with E-state index in [9.17, 15) is 28.4 Å². The number of hydrogen-bond acceptors (Lipinski definition) is 11. The van der Waals surface area contributed by atoms with Crippen molar-refractivity contribution in [3.05, 3.63) is 58.7 Å². The molecule has 2 N–H and O–H groups in total. The number of phenolic OH excluding ortho intramolecular Hbond substituents is 2. The third-order valence-electron chi connectivity index (χ3n) is 6.89. The Morgan fingerprint density at radius 2 is 1.19 bits per heavy atom. The van der Waals surface area contributed by atoms with E-state index in [1.807, 2.05) is 12.1 Å². The van der Waals surface area contributed by atoms with Crippen molar-refractivity contribution >= 4 is 45.7 Å². The average molecular weight is 693 g/mol. The first-order chi connectivity index (χ1) is 19.5. The van der Waals surface area contributed by atoms with Crippen LogP contribution in [0.5, 0.6) is 11.5 Å². The first kappa shape index (κ1) is 43.9. The van der Waals surface area contributed by atoms with Gasteiger partial charge in [0.2, 0.25) is 0 Å². The van der Waals surface area contributed by atoms with Gasteiger partial charge < -0.3 is 20.0 Å². The van der Waals surface area contributed by atoms with Gasteiger partial charge in [0.15, 0.2) is 0 Å². The normalized spacial score (nSPS) is 11.6. The predicted octanol–water partition coefficient (Wildman–Crippen LogP) is 0.436. The Morgan fingerprint density at radius 1 is 0.744 bits per heavy atom. The molecule has 0 aliphatic heterocycles. The van der Waals surface area contributed by atoms with Crippen LogP contribution < -0.4 is 64.4 Å². The summed E-state index contributed by atoms with van der Waals surface area (Å²) in [6.07, 6.45) is 7.15. The van der Waals surface area contributed by atoms with E-state index in [2.05, 4.69) is 35.4 Å². The molecule has 0 bridgehead atoms. The molecule has 0 spiro atoms. The maximum atomic E-state index is 10.7. The maximum absolute atomic E-state index is 10.7. The van der Waals surface area contributed by atoms with Gasteiger partial charge in [-0.1, -0.05) is 63.8 Å². The minimum atomic E-state index is -4.12. The molecule has 8 nitrogen and oxygen atoms in total. The number of phenols is 2. The number of aromatic hydroxyl groups is 2. The molecule has 2 rings (SSSR count). The first-order valence-corrected chi connectivity index (χ1v) is 18.7. The fraction of sp³-hybridized carbons (Fsp3) is 0.586. The van der Waals surface area contributed by atoms with Crippen LogP contribution in [0.2, 0.25) is 0 Å². The summed E-state index contributed by atoms with van der Waals surface area (Å²) < 4.78 is 36.3. The van der Waals surface area contributed by atoms with Crippen molar-refractivity contribution < 1.29 is 96.9 Å². The number of rotatable bonds is 22. The summed E-state index contributed by atoms with van der Waals surface area (Å²) in [6.45, 7) is 4.29. The zero-order valence-electron chi connectivity index (χ0n) is 25.8. The molecule has 0 unspecified atom stereocenters. The van der Waals surface area contributed by atoms with E-state index in [0.717, 1.165) is 102 Å². The van der Waals surface area contributed by atoms with Crippen LogP contribution in [0.3, 0.4) is 0 Å². The number of thioether (sulfide) groups is 2. The fourth-order valence-corrected chi connectivity index (χ4v) is 7.31. The monoisotopic (exact) mass is 692 g/mol. The Hall–Kier alpha value is 0.880. The molecule has 232 valence electrons. The van der Waals surface area contributed by atoms with E-state index < -0.39 is 10.1 Å². The van der Waals surface area contributed by atoms with Gasteiger partial charge in [-0.05, 0) is 60.4 Å². The minimum Gasteiger partial charge on any atom is -0.748 e. The van der Waals surface area contributed by atoms with Crippen LogP contribution in [0.4, 0.5) is 0 Å². The molecule has 0 saturated heterocycles. The van der Waals surface area contributed by atoms with Crippen LogP contribution in [0.25, 0.3) is 0 Å². The van der Waals surface area contributed by atoms with Gasteiger partial charge in [0.05, 0.1) is 10.1 Å². The fourth-order valence-electron chi connectivity index (χ4n) is 4.32. The van der Waals surface area contributed by atoms with Gasteiger partial charge >= 0.3 is 59.1 Å². The molecule has 0 saturated carbocycles. The molecule has 0 heterocycles. The Morgan fingerprint density at radius 3 is 1.63 bits per heavy atom. The Kier molecular flexibility index (Phi) is 24.6. The molecule has 0 fully saturated rings. The number of unbranched alkanes of at least 4 members (excludes halogenated alkanes) is 6. The van der Waals surface area contributed by atoms with Crippen molar-refractivity contribution in [3.63, 3.8) is 0 Å². The number of benzene rings is 2. The summed E-state index contributed by atoms with van der Waals surface area (Å²) in [5.41, 5.74) is 3.63.